The van der Waals surface area contributed by atoms with Crippen molar-refractivity contribution in [2.45, 2.75) is 26.4 Å². The molecule has 4 heterocycles. The zero-order valence-corrected chi connectivity index (χ0v) is 20.7. The third-order valence-corrected chi connectivity index (χ3v) is 6.11. The summed E-state index contributed by atoms with van der Waals surface area (Å²) >= 11 is 6.43. The predicted octanol–water partition coefficient (Wildman–Crippen LogP) is 4.83. The van der Waals surface area contributed by atoms with Crippen LogP contribution in [-0.2, 0) is 0 Å². The van der Waals surface area contributed by atoms with E-state index < -0.39 is 6.10 Å². The lowest BCUT2D eigenvalue weighted by Crippen LogP contribution is -2.42. The lowest BCUT2D eigenvalue weighted by atomic mass is 10.1. The maximum absolute atomic E-state index is 12.5. The van der Waals surface area contributed by atoms with E-state index in [-0.39, 0.29) is 23.4 Å². The van der Waals surface area contributed by atoms with Crippen LogP contribution >= 0.6 is 11.6 Å². The fourth-order valence-electron chi connectivity index (χ4n) is 3.81. The number of hydrogen-bond donors (Lipinski definition) is 3. The van der Waals surface area contributed by atoms with Gasteiger partial charge in [-0.3, -0.25) is 4.79 Å². The van der Waals surface area contributed by atoms with Gasteiger partial charge in [-0.05, 0) is 50.6 Å². The maximum Gasteiger partial charge on any atom is 0.255 e. The smallest absolute Gasteiger partial charge is 0.255 e. The number of aromatic nitrogens is 4. The summed E-state index contributed by atoms with van der Waals surface area (Å²) in [6.45, 7) is 5.07. The summed E-state index contributed by atoms with van der Waals surface area (Å²) in [5.74, 6) is 1.77. The normalized spacial score (nSPS) is 13.8. The molecule has 186 valence electrons. The molecular formula is C26H26ClN5O4. The number of halogens is 1. The van der Waals surface area contributed by atoms with Gasteiger partial charge in [0.15, 0.2) is 5.82 Å². The number of imidazole rings is 1. The molecule has 10 heteroatoms. The molecule has 0 saturated carbocycles. The van der Waals surface area contributed by atoms with Crippen LogP contribution in [0.5, 0.6) is 17.4 Å². The first-order valence-electron chi connectivity index (χ1n) is 11.7. The van der Waals surface area contributed by atoms with Crippen molar-refractivity contribution in [3.8, 4) is 40.2 Å². The molecule has 0 unspecified atom stereocenters. The molecule has 1 aliphatic heterocycles. The van der Waals surface area contributed by atoms with Gasteiger partial charge in [0.05, 0.1) is 17.9 Å². The van der Waals surface area contributed by atoms with Crippen LogP contribution in [0.15, 0.2) is 48.8 Å². The molecule has 1 saturated heterocycles. The van der Waals surface area contributed by atoms with E-state index in [1.165, 1.54) is 6.20 Å². The molecule has 1 aromatic carbocycles. The average Bonchev–Trinajstić information content (AvgIpc) is 3.48. The van der Waals surface area contributed by atoms with E-state index in [0.29, 0.717) is 17.1 Å². The third kappa shape index (κ3) is 5.07. The molecule has 0 spiro atoms. The fraction of sp³-hybridized carbons (Fsp3) is 0.269. The number of benzene rings is 1. The first kappa shape index (κ1) is 23.9. The van der Waals surface area contributed by atoms with E-state index in [9.17, 15) is 9.90 Å². The number of nitrogens with zero attached hydrogens (tertiary/aromatic N) is 3. The van der Waals surface area contributed by atoms with Gasteiger partial charge in [0, 0.05) is 48.5 Å². The Bertz CT molecular complexity index is 1390. The average molecular weight is 508 g/mol. The minimum absolute atomic E-state index is 0.0906. The Morgan fingerprint density at radius 3 is 2.56 bits per heavy atom. The Balaban J connectivity index is 1.44. The Morgan fingerprint density at radius 1 is 1.11 bits per heavy atom. The van der Waals surface area contributed by atoms with Crippen LogP contribution < -0.4 is 9.47 Å². The quantitative estimate of drug-likeness (QED) is 0.314. The van der Waals surface area contributed by atoms with Crippen LogP contribution in [0.25, 0.3) is 22.8 Å². The van der Waals surface area contributed by atoms with Crippen LogP contribution in [0.4, 0.5) is 0 Å². The minimum atomic E-state index is -0.410. The monoisotopic (exact) mass is 507 g/mol. The van der Waals surface area contributed by atoms with Gasteiger partial charge < -0.3 is 29.4 Å². The Hall–Kier alpha value is -3.82. The van der Waals surface area contributed by atoms with Gasteiger partial charge >= 0.3 is 0 Å². The van der Waals surface area contributed by atoms with Gasteiger partial charge in [-0.1, -0.05) is 11.6 Å². The predicted molar refractivity (Wildman–Crippen MR) is 136 cm³/mol. The highest BCUT2D eigenvalue weighted by Gasteiger charge is 2.23. The number of likely N-dealkylation sites (tertiary alicyclic amines) is 1. The number of aryl methyl sites for hydroxylation is 1. The Kier molecular flexibility index (Phi) is 6.67. The van der Waals surface area contributed by atoms with Crippen LogP contribution in [0.3, 0.4) is 0 Å². The third-order valence-electron chi connectivity index (χ3n) is 5.84. The van der Waals surface area contributed by atoms with Gasteiger partial charge in [-0.2, -0.15) is 0 Å². The summed E-state index contributed by atoms with van der Waals surface area (Å²) in [5.41, 5.74) is 3.84. The zero-order valence-electron chi connectivity index (χ0n) is 19.9. The van der Waals surface area contributed by atoms with Gasteiger partial charge in [0.2, 0.25) is 5.88 Å². The topological polar surface area (TPSA) is 116 Å². The van der Waals surface area contributed by atoms with Crippen LogP contribution in [0.1, 0.15) is 29.4 Å². The second-order valence-corrected chi connectivity index (χ2v) is 9.17. The van der Waals surface area contributed by atoms with E-state index in [2.05, 4.69) is 19.9 Å². The number of aliphatic hydroxyl groups is 1. The highest BCUT2D eigenvalue weighted by Crippen LogP contribution is 2.35. The number of H-pyrrole nitrogens is 2. The molecule has 0 radical (unpaired) electrons. The van der Waals surface area contributed by atoms with E-state index in [1.807, 2.05) is 31.2 Å². The van der Waals surface area contributed by atoms with Crippen molar-refractivity contribution in [3.63, 3.8) is 0 Å². The molecule has 0 bridgehead atoms. The minimum Gasteiger partial charge on any atom is -0.488 e. The van der Waals surface area contributed by atoms with Crippen LogP contribution in [0, 0.1) is 6.92 Å². The molecule has 36 heavy (non-hydrogen) atoms. The van der Waals surface area contributed by atoms with Crippen molar-refractivity contribution in [2.75, 3.05) is 19.7 Å². The molecular weight excluding hydrogens is 482 g/mol. The first-order chi connectivity index (χ1) is 17.4. The number of pyridine rings is 1. The SMILES string of the molecule is Cc1cnc(-c2ccc(-c3cc(Oc4ncc(C(=O)N5CCC5)cc4Cl)cc(O[C@@H](C)CO)c3)[nH]2)[nH]1. The van der Waals surface area contributed by atoms with Crippen LogP contribution in [-0.4, -0.2) is 61.6 Å². The van der Waals surface area contributed by atoms with Gasteiger partial charge in [-0.15, -0.1) is 0 Å². The number of carbonyl (C=O) groups is 1. The number of nitrogens with one attached hydrogen (secondary N) is 2. The van der Waals surface area contributed by atoms with E-state index in [0.717, 1.165) is 48.0 Å². The summed E-state index contributed by atoms with van der Waals surface area (Å²) in [6.07, 6.45) is 3.84. The second kappa shape index (κ2) is 10.0. The maximum atomic E-state index is 12.5. The molecule has 4 aromatic rings. The molecule has 1 amide bonds. The number of hydrogen-bond acceptors (Lipinski definition) is 6. The molecule has 1 aliphatic rings. The molecule has 3 aromatic heterocycles. The summed E-state index contributed by atoms with van der Waals surface area (Å²) in [6, 6.07) is 10.8. The van der Waals surface area contributed by atoms with Crippen molar-refractivity contribution in [1.82, 2.24) is 24.8 Å². The van der Waals surface area contributed by atoms with E-state index in [1.54, 1.807) is 30.2 Å². The van der Waals surface area contributed by atoms with Crippen molar-refractivity contribution in [3.05, 3.63) is 65.1 Å². The summed E-state index contributed by atoms with van der Waals surface area (Å²) in [7, 11) is 0. The second-order valence-electron chi connectivity index (χ2n) is 8.76. The molecule has 1 fully saturated rings. The molecule has 3 N–H and O–H groups in total. The molecule has 1 atom stereocenters. The summed E-state index contributed by atoms with van der Waals surface area (Å²) in [5, 5.41) is 9.69. The Labute approximate surface area is 213 Å². The first-order valence-corrected chi connectivity index (χ1v) is 12.0. The largest absolute Gasteiger partial charge is 0.488 e. The fourth-order valence-corrected chi connectivity index (χ4v) is 4.01. The van der Waals surface area contributed by atoms with Crippen molar-refractivity contribution in [1.29, 1.82) is 0 Å². The van der Waals surface area contributed by atoms with E-state index >= 15 is 0 Å². The number of carbonyl (C=O) groups excluding carboxylic acids is 1. The lowest BCUT2D eigenvalue weighted by molar-refractivity contribution is 0.0651. The van der Waals surface area contributed by atoms with Crippen molar-refractivity contribution >= 4 is 17.5 Å². The number of aliphatic hydroxyl groups excluding tert-OH is 1. The number of aromatic amines is 2. The van der Waals surface area contributed by atoms with Crippen LogP contribution in [0.2, 0.25) is 5.02 Å². The standard InChI is InChI=1S/C26H26ClN5O4/c1-15-12-28-24(30-15)23-5-4-22(31-23)17-8-19(35-16(2)14-33)11-20(9-17)36-25-21(27)10-18(13-29-25)26(34)32-6-3-7-32/h4-5,8-13,16,31,33H,3,6-7,14H2,1-2H3,(H,28,30)/t16-/m0/s1. The molecule has 9 nitrogen and oxygen atoms in total. The summed E-state index contributed by atoms with van der Waals surface area (Å²) < 4.78 is 11.9. The van der Waals surface area contributed by atoms with E-state index in [4.69, 9.17) is 21.1 Å². The summed E-state index contributed by atoms with van der Waals surface area (Å²) in [4.78, 5) is 29.4. The molecule has 5 rings (SSSR count). The lowest BCUT2D eigenvalue weighted by Gasteiger charge is -2.30. The highest BCUT2D eigenvalue weighted by atomic mass is 35.5. The number of ether oxygens (including phenoxy) is 2. The number of amides is 1. The van der Waals surface area contributed by atoms with Crippen molar-refractivity contribution < 1.29 is 19.4 Å². The van der Waals surface area contributed by atoms with Crippen molar-refractivity contribution in [2.24, 2.45) is 0 Å². The Morgan fingerprint density at radius 2 is 1.89 bits per heavy atom. The number of rotatable bonds is 8. The van der Waals surface area contributed by atoms with Gasteiger partial charge in [0.1, 0.15) is 22.6 Å². The molecule has 0 aliphatic carbocycles. The van der Waals surface area contributed by atoms with Gasteiger partial charge in [-0.25, -0.2) is 9.97 Å². The highest BCUT2D eigenvalue weighted by molar-refractivity contribution is 6.32. The zero-order chi connectivity index (χ0) is 25.2. The van der Waals surface area contributed by atoms with Gasteiger partial charge in [0.25, 0.3) is 5.91 Å².